The molecule has 4 aromatic rings. The number of hydrogen-bond acceptors (Lipinski definition) is 18. The number of anilines is 2. The number of ether oxygens (including phenoxy) is 2. The van der Waals surface area contributed by atoms with Gasteiger partial charge in [0.2, 0.25) is 0 Å². The first kappa shape index (κ1) is 30.2. The summed E-state index contributed by atoms with van der Waals surface area (Å²) in [5.74, 6) is 0.191. The van der Waals surface area contributed by atoms with Crippen molar-refractivity contribution in [1.29, 1.82) is 0 Å². The molecule has 0 aromatic carbocycles. The van der Waals surface area contributed by atoms with Crippen molar-refractivity contribution in [3.8, 4) is 0 Å². The van der Waals surface area contributed by atoms with E-state index in [2.05, 4.69) is 54.4 Å². The van der Waals surface area contributed by atoms with Gasteiger partial charge in [0, 0.05) is 0 Å². The highest BCUT2D eigenvalue weighted by molar-refractivity contribution is 8.44. The smallest absolute Gasteiger partial charge is 0.386 e. The molecular weight excluding hydrogens is 666 g/mol. The monoisotopic (exact) mass is 690 g/mol. The minimum absolute atomic E-state index is 0.0920. The van der Waals surface area contributed by atoms with Crippen LogP contribution in [0.25, 0.3) is 22.3 Å². The Hall–Kier alpha value is -2.46. The highest BCUT2D eigenvalue weighted by Gasteiger charge is 2.53. The molecule has 24 heteroatoms. The summed E-state index contributed by atoms with van der Waals surface area (Å²) >= 11 is 8.17. The van der Waals surface area contributed by atoms with E-state index >= 15 is 0 Å². The molecule has 3 fully saturated rings. The predicted octanol–water partition coefficient (Wildman–Crippen LogP) is 0.240. The fourth-order valence-corrected chi connectivity index (χ4v) is 8.17. The molecule has 236 valence electrons. The fourth-order valence-electron chi connectivity index (χ4n) is 5.22. The summed E-state index contributed by atoms with van der Waals surface area (Å²) in [4.78, 5) is 24.5. The molecule has 20 nitrogen and oxygen atoms in total. The number of rotatable bonds is 2. The third-order valence-corrected chi connectivity index (χ3v) is 10.5. The maximum Gasteiger partial charge on any atom is 0.386 e. The second-order valence-corrected chi connectivity index (χ2v) is 15.7. The number of aliphatic hydroxyl groups is 2. The van der Waals surface area contributed by atoms with Gasteiger partial charge >= 0.3 is 13.6 Å². The SMILES string of the molecule is Nc1ncnc2c1ncn2C1O[C@@H]2CO[P@@](=O)(S)O[C@@H]3[C@H](O)[C@@H](CO[P@@](=O)(S)O[C@H]2[C@H]1O)O[C@H]3n1cnc2c(N)ncnc21. The van der Waals surface area contributed by atoms with E-state index in [0.29, 0.717) is 0 Å². The van der Waals surface area contributed by atoms with Crippen molar-refractivity contribution in [3.63, 3.8) is 0 Å². The first-order valence-electron chi connectivity index (χ1n) is 12.8. The molecule has 10 atom stereocenters. The van der Waals surface area contributed by atoms with Crippen LogP contribution in [0, 0.1) is 0 Å². The summed E-state index contributed by atoms with van der Waals surface area (Å²) in [5.41, 5.74) is 12.7. The molecule has 6 N–H and O–H groups in total. The van der Waals surface area contributed by atoms with E-state index < -0.39 is 75.9 Å². The number of thiol groups is 2. The lowest BCUT2D eigenvalue weighted by Crippen LogP contribution is -2.35. The van der Waals surface area contributed by atoms with Gasteiger partial charge in [0.25, 0.3) is 0 Å². The minimum atomic E-state index is -4.31. The number of fused-ring (bicyclic) bond motifs is 5. The van der Waals surface area contributed by atoms with Crippen molar-refractivity contribution < 1.29 is 46.9 Å². The van der Waals surface area contributed by atoms with Gasteiger partial charge < -0.3 is 31.2 Å². The van der Waals surface area contributed by atoms with Crippen LogP contribution in [0.15, 0.2) is 25.3 Å². The first-order valence-corrected chi connectivity index (χ1v) is 18.2. The number of aromatic nitrogens is 8. The second kappa shape index (κ2) is 11.1. The van der Waals surface area contributed by atoms with E-state index in [-0.39, 0.29) is 34.0 Å². The summed E-state index contributed by atoms with van der Waals surface area (Å²) in [6.07, 6.45) is -5.58. The highest BCUT2D eigenvalue weighted by Crippen LogP contribution is 2.60. The standard InChI is InChI=1S/C20H24N10O10P2S2/c21-15-9-17(25-3-23-15)29(5-27-9)19-12(32)13-8(38-19)2-36-42(34,44)40-14-11(31)7(1-35-41(33,43)39-13)37-20(14)30-6-28-10-16(22)24-4-26-18(10)30/h3-8,11-14,19-20,31-32H,1-2H2,(H,33,43)(H,34,44)(H2,21,23,25)(H2,22,24,26)/t7-,8-,11-,12-,13-,14-,19?,20-,41-,42-/m1/s1. The van der Waals surface area contributed by atoms with Gasteiger partial charge in [0.15, 0.2) is 35.4 Å². The third-order valence-electron chi connectivity index (χ3n) is 7.26. The number of hydrogen-bond donors (Lipinski definition) is 6. The van der Waals surface area contributed by atoms with Gasteiger partial charge in [-0.1, -0.05) is 24.5 Å². The Labute approximate surface area is 256 Å². The maximum absolute atomic E-state index is 13.5. The number of imidazole rings is 2. The Morgan fingerprint density at radius 1 is 0.727 bits per heavy atom. The maximum atomic E-state index is 13.5. The molecule has 7 rings (SSSR count). The Balaban J connectivity index is 1.20. The Morgan fingerprint density at radius 2 is 1.23 bits per heavy atom. The molecule has 1 unspecified atom stereocenters. The van der Waals surface area contributed by atoms with Gasteiger partial charge in [0.1, 0.15) is 60.3 Å². The lowest BCUT2D eigenvalue weighted by Gasteiger charge is -2.26. The van der Waals surface area contributed by atoms with Crippen molar-refractivity contribution in [2.45, 2.75) is 49.1 Å². The van der Waals surface area contributed by atoms with Crippen molar-refractivity contribution in [1.82, 2.24) is 39.0 Å². The number of nitrogens with zero attached hydrogens (tertiary/aromatic N) is 8. The van der Waals surface area contributed by atoms with Crippen LogP contribution in [0.1, 0.15) is 12.5 Å². The van der Waals surface area contributed by atoms with Crippen LogP contribution in [0.5, 0.6) is 0 Å². The topological polar surface area (TPSA) is 269 Å². The summed E-state index contributed by atoms with van der Waals surface area (Å²) in [7, 11) is 0. The average molecular weight is 691 g/mol. The predicted molar refractivity (Wildman–Crippen MR) is 154 cm³/mol. The summed E-state index contributed by atoms with van der Waals surface area (Å²) in [6, 6.07) is 0. The van der Waals surface area contributed by atoms with Crippen molar-refractivity contribution in [3.05, 3.63) is 25.3 Å². The normalized spacial score (nSPS) is 38.3. The molecule has 0 amide bonds. The molecule has 0 spiro atoms. The van der Waals surface area contributed by atoms with Crippen LogP contribution >= 0.6 is 38.1 Å². The van der Waals surface area contributed by atoms with Gasteiger partial charge in [-0.15, -0.1) is 0 Å². The van der Waals surface area contributed by atoms with Crippen LogP contribution < -0.4 is 11.5 Å². The first-order chi connectivity index (χ1) is 20.9. The molecule has 3 saturated heterocycles. The van der Waals surface area contributed by atoms with E-state index in [0.717, 1.165) is 0 Å². The fraction of sp³-hybridized carbons (Fsp3) is 0.500. The van der Waals surface area contributed by atoms with Crippen LogP contribution in [0.3, 0.4) is 0 Å². The molecule has 2 bridgehead atoms. The molecule has 0 saturated carbocycles. The summed E-state index contributed by atoms with van der Waals surface area (Å²) in [5, 5.41) is 22.4. The van der Waals surface area contributed by atoms with E-state index in [1.54, 1.807) is 0 Å². The third kappa shape index (κ3) is 5.27. The van der Waals surface area contributed by atoms with Gasteiger partial charge in [-0.2, -0.15) is 0 Å². The number of nitrogen functional groups attached to an aromatic ring is 2. The molecule has 0 radical (unpaired) electrons. The van der Waals surface area contributed by atoms with Crippen molar-refractivity contribution in [2.24, 2.45) is 0 Å². The molecule has 7 heterocycles. The lowest BCUT2D eigenvalue weighted by atomic mass is 10.1. The van der Waals surface area contributed by atoms with Gasteiger partial charge in [0.05, 0.1) is 25.9 Å². The quantitative estimate of drug-likeness (QED) is 0.121. The van der Waals surface area contributed by atoms with E-state index in [9.17, 15) is 19.3 Å². The zero-order valence-corrected chi connectivity index (χ0v) is 25.6. The van der Waals surface area contributed by atoms with Crippen molar-refractivity contribution in [2.75, 3.05) is 24.7 Å². The largest absolute Gasteiger partial charge is 0.387 e. The average Bonchev–Trinajstić information content (AvgIpc) is 3.73. The minimum Gasteiger partial charge on any atom is -0.387 e. The number of nitrogens with two attached hydrogens (primary N) is 2. The van der Waals surface area contributed by atoms with E-state index in [1.165, 1.54) is 34.4 Å². The molecular formula is C20H24N10O10P2S2. The molecule has 3 aliphatic rings. The Kier molecular flexibility index (Phi) is 7.63. The Bertz CT molecular complexity index is 1830. The molecule has 44 heavy (non-hydrogen) atoms. The van der Waals surface area contributed by atoms with Crippen LogP contribution in [-0.4, -0.2) is 99.1 Å². The van der Waals surface area contributed by atoms with Crippen LogP contribution in [-0.2, 0) is 36.7 Å². The molecule has 3 aliphatic heterocycles. The van der Waals surface area contributed by atoms with Gasteiger partial charge in [-0.3, -0.25) is 27.2 Å². The van der Waals surface area contributed by atoms with Gasteiger partial charge in [-0.25, -0.2) is 39.0 Å². The van der Waals surface area contributed by atoms with Crippen molar-refractivity contribution >= 4 is 72.1 Å². The second-order valence-electron chi connectivity index (χ2n) is 9.95. The zero-order valence-electron chi connectivity index (χ0n) is 22.0. The lowest BCUT2D eigenvalue weighted by molar-refractivity contribution is -0.0575. The highest BCUT2D eigenvalue weighted by atomic mass is 32.7. The van der Waals surface area contributed by atoms with E-state index in [4.69, 9.17) is 39.0 Å². The summed E-state index contributed by atoms with van der Waals surface area (Å²) < 4.78 is 64.0. The van der Waals surface area contributed by atoms with E-state index in [1.807, 2.05) is 0 Å². The van der Waals surface area contributed by atoms with Crippen LogP contribution in [0.2, 0.25) is 0 Å². The van der Waals surface area contributed by atoms with Gasteiger partial charge in [-0.05, 0) is 0 Å². The zero-order chi connectivity index (χ0) is 31.0. The number of aliphatic hydroxyl groups excluding tert-OH is 2. The molecule has 4 aromatic heterocycles. The molecule has 0 aliphatic carbocycles. The Morgan fingerprint density at radius 3 is 1.82 bits per heavy atom. The summed E-state index contributed by atoms with van der Waals surface area (Å²) in [6.45, 7) is -9.67. The van der Waals surface area contributed by atoms with Crippen LogP contribution in [0.4, 0.5) is 11.6 Å².